The molecule has 3 N–H and O–H groups in total. The zero-order valence-corrected chi connectivity index (χ0v) is 11.9. The predicted molar refractivity (Wildman–Crippen MR) is 82.4 cm³/mol. The molecule has 1 aromatic carbocycles. The Balaban J connectivity index is 2.12. The number of thiophene rings is 1. The van der Waals surface area contributed by atoms with E-state index in [0.29, 0.717) is 11.6 Å². The molecule has 3 rings (SSSR count). The molecule has 0 spiro atoms. The third kappa shape index (κ3) is 2.30. The van der Waals surface area contributed by atoms with E-state index in [1.165, 1.54) is 4.90 Å². The van der Waals surface area contributed by atoms with Crippen molar-refractivity contribution in [2.45, 2.75) is 4.90 Å². The number of aromatic nitrogens is 2. The highest BCUT2D eigenvalue weighted by Crippen LogP contribution is 2.28. The number of fused-ring (bicyclic) bond motifs is 1. The molecule has 3 aromatic rings. The van der Waals surface area contributed by atoms with Gasteiger partial charge in [0.05, 0.1) is 5.39 Å². The van der Waals surface area contributed by atoms with Gasteiger partial charge in [0.25, 0.3) is 0 Å². The van der Waals surface area contributed by atoms with Gasteiger partial charge in [0.15, 0.2) is 11.6 Å². The summed E-state index contributed by atoms with van der Waals surface area (Å²) in [5, 5.41) is 2.94. The fraction of sp³-hybridized carbons (Fsp3) is 0.0769. The standard InChI is InChI=1S/C13H12N4S2/c1-18-9-4-2-8(3-5-9)11-15-12(17-14)10-6-7-19-13(10)16-11/h2-7H,14H2,1H3,(H,15,16,17). The van der Waals surface area contributed by atoms with E-state index in [0.717, 1.165) is 15.8 Å². The normalized spacial score (nSPS) is 10.8. The van der Waals surface area contributed by atoms with Crippen molar-refractivity contribution in [2.24, 2.45) is 5.84 Å². The number of hydrogen-bond donors (Lipinski definition) is 2. The number of nitrogens with one attached hydrogen (secondary N) is 1. The lowest BCUT2D eigenvalue weighted by Gasteiger charge is -2.05. The SMILES string of the molecule is CSc1ccc(-c2nc(NN)c3ccsc3n2)cc1. The lowest BCUT2D eigenvalue weighted by atomic mass is 10.2. The van der Waals surface area contributed by atoms with E-state index in [1.54, 1.807) is 23.1 Å². The van der Waals surface area contributed by atoms with E-state index in [1.807, 2.05) is 23.6 Å². The second-order valence-electron chi connectivity index (χ2n) is 3.91. The molecule has 0 unspecified atom stereocenters. The molecule has 0 aliphatic carbocycles. The van der Waals surface area contributed by atoms with E-state index in [4.69, 9.17) is 5.84 Å². The fourth-order valence-electron chi connectivity index (χ4n) is 1.83. The van der Waals surface area contributed by atoms with Crippen molar-refractivity contribution in [1.82, 2.24) is 9.97 Å². The van der Waals surface area contributed by atoms with Crippen LogP contribution < -0.4 is 11.3 Å². The molecule has 0 atom stereocenters. The minimum atomic E-state index is 0.662. The number of hydrazine groups is 1. The van der Waals surface area contributed by atoms with Crippen LogP contribution in [0.2, 0.25) is 0 Å². The summed E-state index contributed by atoms with van der Waals surface area (Å²) in [4.78, 5) is 11.2. The van der Waals surface area contributed by atoms with Crippen molar-refractivity contribution in [3.8, 4) is 11.4 Å². The largest absolute Gasteiger partial charge is 0.308 e. The zero-order chi connectivity index (χ0) is 13.2. The molecule has 0 saturated carbocycles. The van der Waals surface area contributed by atoms with Crippen LogP contribution in [0.5, 0.6) is 0 Å². The summed E-state index contributed by atoms with van der Waals surface area (Å²) in [6, 6.07) is 10.2. The Labute approximate surface area is 119 Å². The van der Waals surface area contributed by atoms with Crippen LogP contribution >= 0.6 is 23.1 Å². The molecule has 2 heterocycles. The smallest absolute Gasteiger partial charge is 0.163 e. The quantitative estimate of drug-likeness (QED) is 0.439. The van der Waals surface area contributed by atoms with Gasteiger partial charge >= 0.3 is 0 Å². The monoisotopic (exact) mass is 288 g/mol. The van der Waals surface area contributed by atoms with Gasteiger partial charge in [0.1, 0.15) is 4.83 Å². The van der Waals surface area contributed by atoms with Crippen molar-refractivity contribution < 1.29 is 0 Å². The molecule has 2 aromatic heterocycles. The van der Waals surface area contributed by atoms with Crippen molar-refractivity contribution >= 4 is 39.1 Å². The molecule has 0 saturated heterocycles. The molecule has 6 heteroatoms. The van der Waals surface area contributed by atoms with E-state index in [-0.39, 0.29) is 0 Å². The van der Waals surface area contributed by atoms with Gasteiger partial charge in [-0.15, -0.1) is 23.1 Å². The number of anilines is 1. The molecule has 0 aliphatic rings. The van der Waals surface area contributed by atoms with Crippen LogP contribution in [0.15, 0.2) is 40.6 Å². The molecule has 4 nitrogen and oxygen atoms in total. The first-order valence-electron chi connectivity index (χ1n) is 5.68. The average molecular weight is 288 g/mol. The van der Waals surface area contributed by atoms with Crippen molar-refractivity contribution in [1.29, 1.82) is 0 Å². The number of thioether (sulfide) groups is 1. The van der Waals surface area contributed by atoms with Gasteiger partial charge < -0.3 is 5.43 Å². The summed E-state index contributed by atoms with van der Waals surface area (Å²) in [6.07, 6.45) is 2.06. The number of nitrogens with zero attached hydrogens (tertiary/aromatic N) is 2. The molecule has 0 aliphatic heterocycles. The van der Waals surface area contributed by atoms with Crippen molar-refractivity contribution in [3.05, 3.63) is 35.7 Å². The Bertz CT molecular complexity index is 706. The maximum atomic E-state index is 5.53. The minimum absolute atomic E-state index is 0.662. The molecule has 0 amide bonds. The molecule has 19 heavy (non-hydrogen) atoms. The van der Waals surface area contributed by atoms with E-state index in [9.17, 15) is 0 Å². The van der Waals surface area contributed by atoms with Gasteiger partial charge in [-0.3, -0.25) is 0 Å². The highest BCUT2D eigenvalue weighted by molar-refractivity contribution is 7.98. The maximum absolute atomic E-state index is 5.53. The Morgan fingerprint density at radius 2 is 1.95 bits per heavy atom. The minimum Gasteiger partial charge on any atom is -0.308 e. The predicted octanol–water partition coefficient (Wildman–Crippen LogP) is 3.37. The molecule has 0 radical (unpaired) electrons. The summed E-state index contributed by atoms with van der Waals surface area (Å²) < 4.78 is 0. The molecule has 0 bridgehead atoms. The van der Waals surface area contributed by atoms with Crippen LogP contribution in [0.25, 0.3) is 21.6 Å². The third-order valence-corrected chi connectivity index (χ3v) is 4.36. The molecular weight excluding hydrogens is 276 g/mol. The van der Waals surface area contributed by atoms with Gasteiger partial charge in [-0.2, -0.15) is 0 Å². The lowest BCUT2D eigenvalue weighted by Crippen LogP contribution is -2.09. The number of hydrogen-bond acceptors (Lipinski definition) is 6. The van der Waals surface area contributed by atoms with Gasteiger partial charge in [0, 0.05) is 10.5 Å². The Kier molecular flexibility index (Phi) is 3.37. The van der Waals surface area contributed by atoms with E-state index < -0.39 is 0 Å². The Morgan fingerprint density at radius 1 is 1.16 bits per heavy atom. The molecule has 96 valence electrons. The summed E-state index contributed by atoms with van der Waals surface area (Å²) in [5.74, 6) is 6.88. The number of rotatable bonds is 3. The third-order valence-electron chi connectivity index (χ3n) is 2.81. The van der Waals surface area contributed by atoms with Crippen molar-refractivity contribution in [3.63, 3.8) is 0 Å². The van der Waals surface area contributed by atoms with Crippen LogP contribution in [-0.4, -0.2) is 16.2 Å². The van der Waals surface area contributed by atoms with Crippen LogP contribution in [0.3, 0.4) is 0 Å². The van der Waals surface area contributed by atoms with Crippen molar-refractivity contribution in [2.75, 3.05) is 11.7 Å². The van der Waals surface area contributed by atoms with E-state index in [2.05, 4.69) is 33.8 Å². The Hall–Kier alpha value is -1.63. The van der Waals surface area contributed by atoms with Crippen LogP contribution in [0, 0.1) is 0 Å². The first-order chi connectivity index (χ1) is 9.31. The lowest BCUT2D eigenvalue weighted by molar-refractivity contribution is 1.19. The Morgan fingerprint density at radius 3 is 2.63 bits per heavy atom. The van der Waals surface area contributed by atoms with Crippen LogP contribution in [-0.2, 0) is 0 Å². The number of nitrogen functional groups attached to an aromatic ring is 1. The van der Waals surface area contributed by atoms with Gasteiger partial charge in [-0.25, -0.2) is 15.8 Å². The van der Waals surface area contributed by atoms with Crippen LogP contribution in [0.1, 0.15) is 0 Å². The number of nitrogens with two attached hydrogens (primary N) is 1. The maximum Gasteiger partial charge on any atom is 0.163 e. The second-order valence-corrected chi connectivity index (χ2v) is 5.68. The first kappa shape index (κ1) is 12.4. The van der Waals surface area contributed by atoms with Crippen LogP contribution in [0.4, 0.5) is 5.82 Å². The topological polar surface area (TPSA) is 63.8 Å². The summed E-state index contributed by atoms with van der Waals surface area (Å²) in [5.41, 5.74) is 3.63. The highest BCUT2D eigenvalue weighted by Gasteiger charge is 2.09. The number of benzene rings is 1. The molecular formula is C13H12N4S2. The van der Waals surface area contributed by atoms with Gasteiger partial charge in [-0.05, 0) is 29.8 Å². The van der Waals surface area contributed by atoms with E-state index >= 15 is 0 Å². The first-order valence-corrected chi connectivity index (χ1v) is 7.78. The summed E-state index contributed by atoms with van der Waals surface area (Å²) >= 11 is 3.30. The summed E-state index contributed by atoms with van der Waals surface area (Å²) in [6.45, 7) is 0. The second kappa shape index (κ2) is 5.16. The highest BCUT2D eigenvalue weighted by atomic mass is 32.2. The molecule has 0 fully saturated rings. The average Bonchev–Trinajstić information content (AvgIpc) is 2.94. The zero-order valence-electron chi connectivity index (χ0n) is 10.3. The fourth-order valence-corrected chi connectivity index (χ4v) is 3.01. The van der Waals surface area contributed by atoms with Gasteiger partial charge in [-0.1, -0.05) is 12.1 Å². The summed E-state index contributed by atoms with van der Waals surface area (Å²) in [7, 11) is 0. The van der Waals surface area contributed by atoms with Gasteiger partial charge in [0.2, 0.25) is 0 Å².